The number of fused-ring (bicyclic) bond motifs is 5. The minimum Gasteiger partial charge on any atom is -0.395 e. The van der Waals surface area contributed by atoms with Gasteiger partial charge in [-0.15, -0.1) is 11.3 Å². The van der Waals surface area contributed by atoms with Gasteiger partial charge in [0.05, 0.1) is 29.1 Å². The van der Waals surface area contributed by atoms with Gasteiger partial charge in [0.25, 0.3) is 0 Å². The molecular formula is C22H20ClFN6OS. The Bertz CT molecular complexity index is 1430. The van der Waals surface area contributed by atoms with E-state index in [1.807, 2.05) is 23.9 Å². The Kier molecular flexibility index (Phi) is 5.64. The van der Waals surface area contributed by atoms with E-state index in [9.17, 15) is 4.39 Å². The molecule has 10 heteroatoms. The SMILES string of the molecule is CN(CCO)CCn1cc2c(ccc3c2sc2ncnc(Nc4ccc(F)c(Cl)c4)c23)n1. The first-order valence-electron chi connectivity index (χ1n) is 10.1. The van der Waals surface area contributed by atoms with Gasteiger partial charge in [0.15, 0.2) is 0 Å². The molecule has 2 aromatic carbocycles. The maximum Gasteiger partial charge on any atom is 0.143 e. The summed E-state index contributed by atoms with van der Waals surface area (Å²) in [5, 5.41) is 20.1. The first-order chi connectivity index (χ1) is 15.5. The molecule has 0 radical (unpaired) electrons. The van der Waals surface area contributed by atoms with Gasteiger partial charge in [-0.05, 0) is 31.3 Å². The van der Waals surface area contributed by atoms with Gasteiger partial charge >= 0.3 is 0 Å². The molecule has 0 aliphatic rings. The third-order valence-corrected chi connectivity index (χ3v) is 6.78. The average molecular weight is 471 g/mol. The smallest absolute Gasteiger partial charge is 0.143 e. The predicted molar refractivity (Wildman–Crippen MR) is 127 cm³/mol. The van der Waals surface area contributed by atoms with Crippen molar-refractivity contribution in [3.8, 4) is 0 Å². The largest absolute Gasteiger partial charge is 0.395 e. The van der Waals surface area contributed by atoms with Crippen molar-refractivity contribution in [2.45, 2.75) is 6.54 Å². The molecule has 2 N–H and O–H groups in total. The number of hydrogen-bond acceptors (Lipinski definition) is 7. The molecular weight excluding hydrogens is 451 g/mol. The van der Waals surface area contributed by atoms with Gasteiger partial charge in [-0.1, -0.05) is 17.7 Å². The predicted octanol–water partition coefficient (Wildman–Crippen LogP) is 4.65. The molecule has 5 rings (SSSR count). The van der Waals surface area contributed by atoms with Gasteiger partial charge in [0.1, 0.15) is 22.8 Å². The van der Waals surface area contributed by atoms with Crippen molar-refractivity contribution < 1.29 is 9.50 Å². The Balaban J connectivity index is 1.55. The van der Waals surface area contributed by atoms with E-state index in [0.717, 1.165) is 44.3 Å². The fraction of sp³-hybridized carbons (Fsp3) is 0.227. The lowest BCUT2D eigenvalue weighted by Crippen LogP contribution is -2.26. The number of halogens is 2. The van der Waals surface area contributed by atoms with Crippen molar-refractivity contribution in [3.63, 3.8) is 0 Å². The quantitative estimate of drug-likeness (QED) is 0.360. The van der Waals surface area contributed by atoms with Crippen LogP contribution in [0.4, 0.5) is 15.9 Å². The first kappa shape index (κ1) is 21.0. The lowest BCUT2D eigenvalue weighted by molar-refractivity contribution is 0.216. The minimum absolute atomic E-state index is 0.0502. The summed E-state index contributed by atoms with van der Waals surface area (Å²) in [5.74, 6) is 0.175. The van der Waals surface area contributed by atoms with E-state index in [1.165, 1.54) is 18.5 Å². The van der Waals surface area contributed by atoms with Gasteiger partial charge < -0.3 is 15.3 Å². The molecule has 0 atom stereocenters. The zero-order chi connectivity index (χ0) is 22.2. The van der Waals surface area contributed by atoms with Gasteiger partial charge in [-0.3, -0.25) is 4.68 Å². The highest BCUT2D eigenvalue weighted by Gasteiger charge is 2.16. The highest BCUT2D eigenvalue weighted by atomic mass is 35.5. The normalized spacial score (nSPS) is 11.9. The highest BCUT2D eigenvalue weighted by Crippen LogP contribution is 2.40. The molecule has 0 aliphatic heterocycles. The van der Waals surface area contributed by atoms with Crippen LogP contribution in [0.25, 0.3) is 31.2 Å². The molecule has 0 saturated carbocycles. The Morgan fingerprint density at radius 2 is 2.06 bits per heavy atom. The van der Waals surface area contributed by atoms with Crippen molar-refractivity contribution in [1.29, 1.82) is 0 Å². The standard InChI is InChI=1S/C22H20ClFN6OS/c1-29(8-9-31)6-7-30-11-15-18(28-30)5-3-14-19-21(25-12-26-22(19)32-20(14)15)27-13-2-4-17(24)16(23)10-13/h2-5,10-12,31H,6-9H2,1H3,(H,25,26,27). The Labute approximate surface area is 192 Å². The molecule has 0 aliphatic carbocycles. The molecule has 0 amide bonds. The third-order valence-electron chi connectivity index (χ3n) is 5.34. The maximum absolute atomic E-state index is 13.5. The van der Waals surface area contributed by atoms with Crippen LogP contribution in [0.15, 0.2) is 42.9 Å². The molecule has 0 spiro atoms. The van der Waals surface area contributed by atoms with E-state index in [0.29, 0.717) is 18.1 Å². The number of hydrogen-bond donors (Lipinski definition) is 2. The zero-order valence-electron chi connectivity index (χ0n) is 17.2. The summed E-state index contributed by atoms with van der Waals surface area (Å²) in [6, 6.07) is 8.53. The lowest BCUT2D eigenvalue weighted by Gasteiger charge is -2.14. The number of anilines is 2. The number of aliphatic hydroxyl groups is 1. The van der Waals surface area contributed by atoms with Crippen molar-refractivity contribution in [2.75, 3.05) is 32.1 Å². The van der Waals surface area contributed by atoms with Crippen LogP contribution in [0.5, 0.6) is 0 Å². The Morgan fingerprint density at radius 1 is 1.19 bits per heavy atom. The maximum atomic E-state index is 13.5. The first-order valence-corrected chi connectivity index (χ1v) is 11.3. The molecule has 0 saturated heterocycles. The van der Waals surface area contributed by atoms with Crippen molar-refractivity contribution in [2.24, 2.45) is 0 Å². The average Bonchev–Trinajstić information content (AvgIpc) is 3.36. The summed E-state index contributed by atoms with van der Waals surface area (Å²) in [5.41, 5.74) is 1.57. The van der Waals surface area contributed by atoms with Crippen LogP contribution < -0.4 is 5.32 Å². The van der Waals surface area contributed by atoms with Crippen molar-refractivity contribution in [1.82, 2.24) is 24.6 Å². The Hall–Kier alpha value is -2.85. The molecule has 32 heavy (non-hydrogen) atoms. The number of rotatable bonds is 7. The molecule has 7 nitrogen and oxygen atoms in total. The van der Waals surface area contributed by atoms with E-state index in [4.69, 9.17) is 21.8 Å². The number of aromatic nitrogens is 4. The molecule has 0 unspecified atom stereocenters. The number of benzene rings is 2. The van der Waals surface area contributed by atoms with Gasteiger partial charge in [-0.2, -0.15) is 5.10 Å². The van der Waals surface area contributed by atoms with Crippen LogP contribution in [0, 0.1) is 5.82 Å². The molecule has 0 fully saturated rings. The van der Waals surface area contributed by atoms with Crippen LogP contribution in [-0.4, -0.2) is 56.5 Å². The summed E-state index contributed by atoms with van der Waals surface area (Å²) >= 11 is 7.53. The van der Waals surface area contributed by atoms with Gasteiger partial charge in [-0.25, -0.2) is 14.4 Å². The van der Waals surface area contributed by atoms with Gasteiger partial charge in [0, 0.05) is 40.4 Å². The summed E-state index contributed by atoms with van der Waals surface area (Å²) in [6.45, 7) is 2.30. The topological polar surface area (TPSA) is 79.1 Å². The van der Waals surface area contributed by atoms with Crippen LogP contribution in [-0.2, 0) is 6.54 Å². The third kappa shape index (κ3) is 3.88. The summed E-state index contributed by atoms with van der Waals surface area (Å²) in [6.07, 6.45) is 3.57. The molecule has 164 valence electrons. The zero-order valence-corrected chi connectivity index (χ0v) is 18.8. The molecule has 3 heterocycles. The van der Waals surface area contributed by atoms with Crippen molar-refractivity contribution >= 4 is 65.6 Å². The minimum atomic E-state index is -0.465. The second-order valence-electron chi connectivity index (χ2n) is 7.55. The van der Waals surface area contributed by atoms with E-state index in [-0.39, 0.29) is 11.6 Å². The number of nitrogens with one attached hydrogen (secondary N) is 1. The summed E-state index contributed by atoms with van der Waals surface area (Å²) < 4.78 is 16.6. The van der Waals surface area contributed by atoms with Gasteiger partial charge in [0.2, 0.25) is 0 Å². The second-order valence-corrected chi connectivity index (χ2v) is 8.96. The van der Waals surface area contributed by atoms with Crippen molar-refractivity contribution in [3.05, 3.63) is 53.7 Å². The number of likely N-dealkylation sites (N-methyl/N-ethyl adjacent to an activating group) is 1. The lowest BCUT2D eigenvalue weighted by atomic mass is 10.1. The monoisotopic (exact) mass is 470 g/mol. The summed E-state index contributed by atoms with van der Waals surface area (Å²) in [4.78, 5) is 11.8. The van der Waals surface area contributed by atoms with E-state index < -0.39 is 5.82 Å². The molecule has 5 aromatic rings. The summed E-state index contributed by atoms with van der Waals surface area (Å²) in [7, 11) is 1.98. The van der Waals surface area contributed by atoms with Crippen LogP contribution in [0.3, 0.4) is 0 Å². The highest BCUT2D eigenvalue weighted by molar-refractivity contribution is 7.26. The van der Waals surface area contributed by atoms with E-state index in [1.54, 1.807) is 17.4 Å². The van der Waals surface area contributed by atoms with Crippen LogP contribution >= 0.6 is 22.9 Å². The Morgan fingerprint density at radius 3 is 2.88 bits per heavy atom. The number of aliphatic hydroxyl groups excluding tert-OH is 1. The second kappa shape index (κ2) is 8.59. The van der Waals surface area contributed by atoms with Crippen LogP contribution in [0.1, 0.15) is 0 Å². The molecule has 0 bridgehead atoms. The molecule has 3 aromatic heterocycles. The fourth-order valence-electron chi connectivity index (χ4n) is 3.69. The fourth-order valence-corrected chi connectivity index (χ4v) is 5.02. The van der Waals surface area contributed by atoms with E-state index >= 15 is 0 Å². The number of nitrogens with zero attached hydrogens (tertiary/aromatic N) is 5. The van der Waals surface area contributed by atoms with Crippen LogP contribution in [0.2, 0.25) is 5.02 Å². The van der Waals surface area contributed by atoms with E-state index in [2.05, 4.69) is 26.4 Å². The number of thiophene rings is 1.